The van der Waals surface area contributed by atoms with Gasteiger partial charge in [0.2, 0.25) is 0 Å². The van der Waals surface area contributed by atoms with Crippen molar-refractivity contribution in [1.82, 2.24) is 0 Å². The first-order chi connectivity index (χ1) is 9.22. The van der Waals surface area contributed by atoms with E-state index in [1.807, 2.05) is 0 Å². The summed E-state index contributed by atoms with van der Waals surface area (Å²) in [6.45, 7) is 4.33. The molecule has 0 amide bonds. The maximum absolute atomic E-state index is 3.67. The van der Waals surface area contributed by atoms with E-state index in [-0.39, 0.29) is 0 Å². The van der Waals surface area contributed by atoms with Crippen LogP contribution in [0, 0.1) is 13.8 Å². The SMILES string of the molecule is Cc1ccc(NC2CC(c3ccccc3)C2)c(C)c1. The van der Waals surface area contributed by atoms with Crippen LogP contribution in [0.3, 0.4) is 0 Å². The monoisotopic (exact) mass is 251 g/mol. The van der Waals surface area contributed by atoms with Crippen molar-refractivity contribution in [2.75, 3.05) is 5.32 Å². The van der Waals surface area contributed by atoms with E-state index in [0.717, 1.165) is 5.92 Å². The lowest BCUT2D eigenvalue weighted by Crippen LogP contribution is -2.34. The Balaban J connectivity index is 1.60. The molecule has 98 valence electrons. The molecule has 1 fully saturated rings. The third kappa shape index (κ3) is 2.65. The first-order valence-electron chi connectivity index (χ1n) is 7.11. The zero-order chi connectivity index (χ0) is 13.2. The molecule has 1 aliphatic rings. The van der Waals surface area contributed by atoms with Gasteiger partial charge in [0.1, 0.15) is 0 Å². The van der Waals surface area contributed by atoms with Gasteiger partial charge in [-0.25, -0.2) is 0 Å². The van der Waals surface area contributed by atoms with Crippen molar-refractivity contribution in [1.29, 1.82) is 0 Å². The molecule has 1 aliphatic carbocycles. The molecule has 0 bridgehead atoms. The second-order valence-electron chi connectivity index (χ2n) is 5.74. The highest BCUT2D eigenvalue weighted by atomic mass is 14.9. The molecule has 1 heteroatoms. The molecule has 0 spiro atoms. The van der Waals surface area contributed by atoms with Gasteiger partial charge in [0.05, 0.1) is 0 Å². The van der Waals surface area contributed by atoms with Crippen LogP contribution in [0.15, 0.2) is 48.5 Å². The normalized spacial score (nSPS) is 21.8. The number of anilines is 1. The fourth-order valence-electron chi connectivity index (χ4n) is 2.93. The average Bonchev–Trinajstić information content (AvgIpc) is 2.36. The number of aryl methyl sites for hydroxylation is 2. The topological polar surface area (TPSA) is 12.0 Å². The van der Waals surface area contributed by atoms with Crippen LogP contribution in [-0.4, -0.2) is 6.04 Å². The third-order valence-corrected chi connectivity index (χ3v) is 4.15. The van der Waals surface area contributed by atoms with Crippen molar-refractivity contribution in [2.24, 2.45) is 0 Å². The minimum atomic E-state index is 0.631. The fraction of sp³-hybridized carbons (Fsp3) is 0.333. The van der Waals surface area contributed by atoms with E-state index in [4.69, 9.17) is 0 Å². The molecule has 0 heterocycles. The Labute approximate surface area is 115 Å². The molecule has 19 heavy (non-hydrogen) atoms. The summed E-state index contributed by atoms with van der Waals surface area (Å²) in [6, 6.07) is 18.1. The molecule has 0 aromatic heterocycles. The van der Waals surface area contributed by atoms with E-state index in [1.54, 1.807) is 0 Å². The highest BCUT2D eigenvalue weighted by molar-refractivity contribution is 5.53. The van der Waals surface area contributed by atoms with E-state index in [9.17, 15) is 0 Å². The maximum atomic E-state index is 3.67. The summed E-state index contributed by atoms with van der Waals surface area (Å²) in [4.78, 5) is 0. The van der Waals surface area contributed by atoms with Crippen molar-refractivity contribution < 1.29 is 0 Å². The lowest BCUT2D eigenvalue weighted by atomic mass is 9.76. The van der Waals surface area contributed by atoms with Gasteiger partial charge in [-0.3, -0.25) is 0 Å². The third-order valence-electron chi connectivity index (χ3n) is 4.15. The molecule has 3 rings (SSSR count). The zero-order valence-corrected chi connectivity index (χ0v) is 11.7. The Hall–Kier alpha value is -1.76. The number of nitrogens with one attached hydrogen (secondary N) is 1. The molecule has 1 nitrogen and oxygen atoms in total. The quantitative estimate of drug-likeness (QED) is 0.836. The summed E-state index contributed by atoms with van der Waals surface area (Å²) in [5.74, 6) is 0.740. The predicted octanol–water partition coefficient (Wildman–Crippen LogP) is 4.66. The van der Waals surface area contributed by atoms with Crippen LogP contribution in [0.25, 0.3) is 0 Å². The Morgan fingerprint density at radius 1 is 0.947 bits per heavy atom. The van der Waals surface area contributed by atoms with Crippen LogP contribution in [-0.2, 0) is 0 Å². The highest BCUT2D eigenvalue weighted by Crippen LogP contribution is 2.38. The molecule has 0 radical (unpaired) electrons. The molecular formula is C18H21N. The van der Waals surface area contributed by atoms with Gasteiger partial charge in [-0.05, 0) is 49.8 Å². The van der Waals surface area contributed by atoms with Gasteiger partial charge in [0.15, 0.2) is 0 Å². The second-order valence-corrected chi connectivity index (χ2v) is 5.74. The van der Waals surface area contributed by atoms with E-state index in [0.29, 0.717) is 6.04 Å². The molecule has 0 saturated heterocycles. The van der Waals surface area contributed by atoms with Crippen LogP contribution >= 0.6 is 0 Å². The minimum absolute atomic E-state index is 0.631. The summed E-state index contributed by atoms with van der Waals surface area (Å²) in [7, 11) is 0. The molecule has 2 aromatic carbocycles. The number of rotatable bonds is 3. The first-order valence-corrected chi connectivity index (χ1v) is 7.11. The first kappa shape index (κ1) is 12.3. The molecule has 1 N–H and O–H groups in total. The van der Waals surface area contributed by atoms with Crippen LogP contribution in [0.1, 0.15) is 35.4 Å². The van der Waals surface area contributed by atoms with Crippen LogP contribution in [0.2, 0.25) is 0 Å². The molecular weight excluding hydrogens is 230 g/mol. The van der Waals surface area contributed by atoms with Crippen molar-refractivity contribution >= 4 is 5.69 Å². The Bertz CT molecular complexity index is 553. The van der Waals surface area contributed by atoms with E-state index in [2.05, 4.69) is 67.7 Å². The highest BCUT2D eigenvalue weighted by Gasteiger charge is 2.30. The maximum Gasteiger partial charge on any atom is 0.0372 e. The van der Waals surface area contributed by atoms with Gasteiger partial charge < -0.3 is 5.32 Å². The number of hydrogen-bond donors (Lipinski definition) is 1. The van der Waals surface area contributed by atoms with Crippen molar-refractivity contribution in [3.05, 3.63) is 65.2 Å². The Kier molecular flexibility index (Phi) is 3.29. The average molecular weight is 251 g/mol. The van der Waals surface area contributed by atoms with E-state index < -0.39 is 0 Å². The summed E-state index contributed by atoms with van der Waals surface area (Å²) in [6.07, 6.45) is 2.49. The van der Waals surface area contributed by atoms with Gasteiger partial charge in [0, 0.05) is 11.7 Å². The van der Waals surface area contributed by atoms with Crippen molar-refractivity contribution in [3.63, 3.8) is 0 Å². The largest absolute Gasteiger partial charge is 0.382 e. The molecule has 2 aromatic rings. The van der Waals surface area contributed by atoms with E-state index >= 15 is 0 Å². The van der Waals surface area contributed by atoms with Crippen molar-refractivity contribution in [3.8, 4) is 0 Å². The molecule has 1 saturated carbocycles. The molecule has 0 aliphatic heterocycles. The molecule has 0 unspecified atom stereocenters. The minimum Gasteiger partial charge on any atom is -0.382 e. The summed E-state index contributed by atoms with van der Waals surface area (Å²) < 4.78 is 0. The summed E-state index contributed by atoms with van der Waals surface area (Å²) in [5, 5.41) is 3.67. The Morgan fingerprint density at radius 2 is 1.68 bits per heavy atom. The van der Waals surface area contributed by atoms with Gasteiger partial charge in [0.25, 0.3) is 0 Å². The van der Waals surface area contributed by atoms with Crippen LogP contribution in [0.5, 0.6) is 0 Å². The number of hydrogen-bond acceptors (Lipinski definition) is 1. The van der Waals surface area contributed by atoms with Crippen LogP contribution < -0.4 is 5.32 Å². The Morgan fingerprint density at radius 3 is 2.37 bits per heavy atom. The van der Waals surface area contributed by atoms with E-state index in [1.165, 1.54) is 35.2 Å². The van der Waals surface area contributed by atoms with Crippen LogP contribution in [0.4, 0.5) is 5.69 Å². The number of benzene rings is 2. The van der Waals surface area contributed by atoms with Gasteiger partial charge in [-0.1, -0.05) is 48.0 Å². The standard InChI is InChI=1S/C18H21N/c1-13-8-9-18(14(2)10-13)19-17-11-16(12-17)15-6-4-3-5-7-15/h3-10,16-17,19H,11-12H2,1-2H3. The lowest BCUT2D eigenvalue weighted by Gasteiger charge is -2.37. The van der Waals surface area contributed by atoms with Crippen molar-refractivity contribution in [2.45, 2.75) is 38.6 Å². The fourth-order valence-corrected chi connectivity index (χ4v) is 2.93. The van der Waals surface area contributed by atoms with Gasteiger partial charge in [-0.2, -0.15) is 0 Å². The summed E-state index contributed by atoms with van der Waals surface area (Å²) >= 11 is 0. The zero-order valence-electron chi connectivity index (χ0n) is 11.7. The lowest BCUT2D eigenvalue weighted by molar-refractivity contribution is 0.374. The summed E-state index contributed by atoms with van der Waals surface area (Å²) in [5.41, 5.74) is 5.46. The second kappa shape index (κ2) is 5.08. The van der Waals surface area contributed by atoms with Gasteiger partial charge >= 0.3 is 0 Å². The smallest absolute Gasteiger partial charge is 0.0372 e. The molecule has 0 atom stereocenters. The predicted molar refractivity (Wildman–Crippen MR) is 81.7 cm³/mol. The van der Waals surface area contributed by atoms with Gasteiger partial charge in [-0.15, -0.1) is 0 Å².